The van der Waals surface area contributed by atoms with E-state index in [-0.39, 0.29) is 6.09 Å². The maximum Gasteiger partial charge on any atom is 0.409 e. The second kappa shape index (κ2) is 9.52. The number of guanidine groups is 1. The quantitative estimate of drug-likeness (QED) is 0.631. The molecule has 0 radical (unpaired) electrons. The van der Waals surface area contributed by atoms with Crippen LogP contribution in [0.25, 0.3) is 0 Å². The first-order valence-electron chi connectivity index (χ1n) is 8.53. The lowest BCUT2D eigenvalue weighted by Crippen LogP contribution is -2.49. The van der Waals surface area contributed by atoms with Gasteiger partial charge in [-0.3, -0.25) is 4.99 Å². The first kappa shape index (κ1) is 18.6. The van der Waals surface area contributed by atoms with Crippen molar-refractivity contribution >= 4 is 23.4 Å². The Morgan fingerprint density at radius 1 is 1.50 bits per heavy atom. The fourth-order valence-electron chi connectivity index (χ4n) is 2.74. The van der Waals surface area contributed by atoms with Gasteiger partial charge in [-0.05, 0) is 42.2 Å². The summed E-state index contributed by atoms with van der Waals surface area (Å²) in [6.45, 7) is 7.29. The molecule has 1 atom stereocenters. The summed E-state index contributed by atoms with van der Waals surface area (Å²) < 4.78 is 4.78. The van der Waals surface area contributed by atoms with Crippen LogP contribution in [-0.2, 0) is 4.74 Å². The number of nitrogens with zero attached hydrogens (tertiary/aromatic N) is 2. The number of aliphatic imine (C=N–C) groups is 1. The summed E-state index contributed by atoms with van der Waals surface area (Å²) in [5, 5.41) is 11.1. The molecule has 0 saturated carbocycles. The summed E-state index contributed by atoms with van der Waals surface area (Å²) in [7, 11) is 1.43. The average molecular weight is 353 g/mol. The Hall–Kier alpha value is -1.76. The second-order valence-corrected chi connectivity index (χ2v) is 6.83. The Balaban J connectivity index is 1.85. The second-order valence-electron chi connectivity index (χ2n) is 6.05. The van der Waals surface area contributed by atoms with Crippen LogP contribution in [0.4, 0.5) is 4.79 Å². The van der Waals surface area contributed by atoms with Gasteiger partial charge in [-0.2, -0.15) is 11.3 Å². The number of rotatable bonds is 5. The number of methoxy groups -OCH3 is 1. The molecule has 1 saturated heterocycles. The first-order chi connectivity index (χ1) is 11.6. The minimum atomic E-state index is -0.237. The predicted molar refractivity (Wildman–Crippen MR) is 98.8 cm³/mol. The van der Waals surface area contributed by atoms with Crippen LogP contribution >= 0.6 is 11.3 Å². The molecule has 2 heterocycles. The molecule has 0 spiro atoms. The van der Waals surface area contributed by atoms with Gasteiger partial charge in [0.15, 0.2) is 5.96 Å². The van der Waals surface area contributed by atoms with Crippen LogP contribution in [0.2, 0.25) is 0 Å². The van der Waals surface area contributed by atoms with Crippen molar-refractivity contribution in [2.24, 2.45) is 4.99 Å². The molecule has 1 aliphatic heterocycles. The van der Waals surface area contributed by atoms with E-state index in [0.717, 1.165) is 45.0 Å². The number of nitrogens with one attached hydrogen (secondary N) is 2. The zero-order valence-corrected chi connectivity index (χ0v) is 15.6. The third-order valence-corrected chi connectivity index (χ3v) is 4.95. The third-order valence-electron chi connectivity index (χ3n) is 4.25. The zero-order valence-electron chi connectivity index (χ0n) is 14.7. The largest absolute Gasteiger partial charge is 0.453 e. The number of hydrogen-bond acceptors (Lipinski definition) is 4. The van der Waals surface area contributed by atoms with Gasteiger partial charge in [0, 0.05) is 38.1 Å². The highest BCUT2D eigenvalue weighted by Gasteiger charge is 2.23. The normalized spacial score (nSPS) is 17.5. The fraction of sp³-hybridized carbons (Fsp3) is 0.647. The average Bonchev–Trinajstić information content (AvgIpc) is 3.14. The summed E-state index contributed by atoms with van der Waals surface area (Å²) in [4.78, 5) is 18.0. The van der Waals surface area contributed by atoms with Crippen molar-refractivity contribution in [3.63, 3.8) is 0 Å². The molecule has 0 bridgehead atoms. The summed E-state index contributed by atoms with van der Waals surface area (Å²) in [5.41, 5.74) is 1.34. The van der Waals surface area contributed by atoms with Crippen LogP contribution < -0.4 is 10.6 Å². The molecule has 1 aromatic heterocycles. The molecule has 7 heteroatoms. The number of carbonyl (C=O) groups excluding carboxylic acids is 1. The smallest absolute Gasteiger partial charge is 0.409 e. The lowest BCUT2D eigenvalue weighted by Gasteiger charge is -2.32. The number of ether oxygens (including phenoxy) is 1. The van der Waals surface area contributed by atoms with Crippen LogP contribution in [-0.4, -0.2) is 56.3 Å². The van der Waals surface area contributed by atoms with Crippen LogP contribution in [0, 0.1) is 0 Å². The number of thiophene rings is 1. The van der Waals surface area contributed by atoms with E-state index in [1.165, 1.54) is 12.7 Å². The molecule has 134 valence electrons. The van der Waals surface area contributed by atoms with Crippen molar-refractivity contribution in [2.75, 3.05) is 33.3 Å². The van der Waals surface area contributed by atoms with Crippen molar-refractivity contribution in [3.8, 4) is 0 Å². The van der Waals surface area contributed by atoms with E-state index >= 15 is 0 Å². The van der Waals surface area contributed by atoms with Crippen molar-refractivity contribution in [3.05, 3.63) is 22.4 Å². The monoisotopic (exact) mass is 352 g/mol. The molecule has 2 rings (SSSR count). The molecule has 1 aliphatic rings. The highest BCUT2D eigenvalue weighted by molar-refractivity contribution is 7.07. The molecule has 0 aliphatic carbocycles. The van der Waals surface area contributed by atoms with E-state index in [2.05, 4.69) is 41.3 Å². The maximum absolute atomic E-state index is 11.5. The predicted octanol–water partition coefficient (Wildman–Crippen LogP) is 2.64. The van der Waals surface area contributed by atoms with Gasteiger partial charge in [0.1, 0.15) is 0 Å². The molecule has 1 amide bonds. The number of likely N-dealkylation sites (tertiary alicyclic amines) is 1. The Kier molecular flexibility index (Phi) is 7.36. The van der Waals surface area contributed by atoms with Crippen LogP contribution in [0.15, 0.2) is 21.8 Å². The Morgan fingerprint density at radius 2 is 2.25 bits per heavy atom. The van der Waals surface area contributed by atoms with Crippen molar-refractivity contribution < 1.29 is 9.53 Å². The van der Waals surface area contributed by atoms with Crippen LogP contribution in [0.5, 0.6) is 0 Å². The summed E-state index contributed by atoms with van der Waals surface area (Å²) in [6, 6.07) is 2.49. The number of hydrogen-bond donors (Lipinski definition) is 2. The van der Waals surface area contributed by atoms with Gasteiger partial charge < -0.3 is 20.3 Å². The highest BCUT2D eigenvalue weighted by atomic mass is 32.1. The van der Waals surface area contributed by atoms with E-state index in [1.807, 2.05) is 0 Å². The molecule has 1 fully saturated rings. The molecule has 24 heavy (non-hydrogen) atoms. The van der Waals surface area contributed by atoms with Crippen molar-refractivity contribution in [1.29, 1.82) is 0 Å². The van der Waals surface area contributed by atoms with Crippen LogP contribution in [0.1, 0.15) is 38.2 Å². The van der Waals surface area contributed by atoms with Gasteiger partial charge in [-0.1, -0.05) is 6.92 Å². The first-order valence-corrected chi connectivity index (χ1v) is 9.48. The van der Waals surface area contributed by atoms with Crippen molar-refractivity contribution in [2.45, 2.75) is 38.6 Å². The van der Waals surface area contributed by atoms with Gasteiger partial charge in [0.05, 0.1) is 7.11 Å². The molecule has 0 aromatic carbocycles. The molecule has 1 unspecified atom stereocenters. The van der Waals surface area contributed by atoms with E-state index in [0.29, 0.717) is 12.0 Å². The van der Waals surface area contributed by atoms with Gasteiger partial charge in [-0.25, -0.2) is 4.79 Å². The van der Waals surface area contributed by atoms with Crippen LogP contribution in [0.3, 0.4) is 0 Å². The summed E-state index contributed by atoms with van der Waals surface area (Å²) in [5.74, 6) is 1.27. The Bertz CT molecular complexity index is 525. The van der Waals surface area contributed by atoms with E-state index < -0.39 is 0 Å². The van der Waals surface area contributed by atoms with Gasteiger partial charge in [0.2, 0.25) is 0 Å². The van der Waals surface area contributed by atoms with E-state index in [9.17, 15) is 4.79 Å². The fourth-order valence-corrected chi connectivity index (χ4v) is 3.52. The standard InChI is InChI=1S/C17H28N4O2S/c1-4-18-16(19-11-13(2)14-7-10-24-12-14)20-15-5-8-21(9-6-15)17(22)23-3/h7,10,12-13,15H,4-6,8-9,11H2,1-3H3,(H2,18,19,20). The number of carbonyl (C=O) groups is 1. The Labute approximate surface area is 148 Å². The van der Waals surface area contributed by atoms with Crippen molar-refractivity contribution in [1.82, 2.24) is 15.5 Å². The highest BCUT2D eigenvalue weighted by Crippen LogP contribution is 2.18. The Morgan fingerprint density at radius 3 is 2.83 bits per heavy atom. The number of piperidine rings is 1. The third kappa shape index (κ3) is 5.40. The maximum atomic E-state index is 11.5. The summed E-state index contributed by atoms with van der Waals surface area (Å²) in [6.07, 6.45) is 1.57. The minimum Gasteiger partial charge on any atom is -0.453 e. The van der Waals surface area contributed by atoms with Gasteiger partial charge >= 0.3 is 6.09 Å². The molecule has 6 nitrogen and oxygen atoms in total. The van der Waals surface area contributed by atoms with Gasteiger partial charge in [0.25, 0.3) is 0 Å². The molecule has 2 N–H and O–H groups in total. The molecular formula is C17H28N4O2S. The lowest BCUT2D eigenvalue weighted by atomic mass is 10.1. The zero-order chi connectivity index (χ0) is 17.4. The van der Waals surface area contributed by atoms with Gasteiger partial charge in [-0.15, -0.1) is 0 Å². The summed E-state index contributed by atoms with van der Waals surface area (Å²) >= 11 is 1.72. The molecule has 1 aromatic rings. The van der Waals surface area contributed by atoms with E-state index in [4.69, 9.17) is 9.73 Å². The minimum absolute atomic E-state index is 0.237. The number of amides is 1. The lowest BCUT2D eigenvalue weighted by molar-refractivity contribution is 0.111. The topological polar surface area (TPSA) is 66.0 Å². The molecular weight excluding hydrogens is 324 g/mol. The van der Waals surface area contributed by atoms with E-state index in [1.54, 1.807) is 16.2 Å². The SMILES string of the molecule is CCNC(=NCC(C)c1ccsc1)NC1CCN(C(=O)OC)CC1.